The first-order chi connectivity index (χ1) is 28.4. The Bertz CT molecular complexity index is 2650. The van der Waals surface area contributed by atoms with Gasteiger partial charge in [0.05, 0.1) is 28.2 Å². The van der Waals surface area contributed by atoms with E-state index in [1.165, 1.54) is 4.57 Å². The molecule has 17 heteroatoms. The number of nitrogens with zero attached hydrogens (tertiary/aromatic N) is 6. The Morgan fingerprint density at radius 3 is 2.46 bits per heavy atom. The maximum atomic E-state index is 14.1. The molecule has 1 aliphatic carbocycles. The summed E-state index contributed by atoms with van der Waals surface area (Å²) in [5, 5.41) is 23.3. The van der Waals surface area contributed by atoms with Gasteiger partial charge in [-0.05, 0) is 92.7 Å². The van der Waals surface area contributed by atoms with Gasteiger partial charge in [0.2, 0.25) is 23.6 Å². The van der Waals surface area contributed by atoms with Crippen LogP contribution in [-0.4, -0.2) is 64.8 Å². The Hall–Kier alpha value is -6.52. The second-order valence-corrected chi connectivity index (χ2v) is 15.3. The number of aromatic nitrogens is 6. The number of rotatable bonds is 12. The molecule has 3 amide bonds. The van der Waals surface area contributed by atoms with Gasteiger partial charge in [-0.3, -0.25) is 33.5 Å². The van der Waals surface area contributed by atoms with Crippen LogP contribution in [0.2, 0.25) is 0 Å². The number of nitrogens with one attached hydrogen (secondary N) is 3. The zero-order chi connectivity index (χ0) is 41.4. The number of piperidine rings is 1. The van der Waals surface area contributed by atoms with Crippen LogP contribution in [0.4, 0.5) is 19.1 Å². The number of fused-ring (bicyclic) bond motifs is 2. The largest absolute Gasteiger partial charge is 0.503 e. The SMILES string of the molecule is Cn1c(=O)n(C2CCC(=O)NC2=O)c2ccc(CCCCNc3ncc(-c4ccc5cn([C@H]6CC[C@H](CNC(=O)c7cc(F)c(O)c(F)c7F)CC6)nc5c4)cn3)cc21. The van der Waals surface area contributed by atoms with Crippen molar-refractivity contribution in [2.75, 3.05) is 18.4 Å². The van der Waals surface area contributed by atoms with Crippen molar-refractivity contribution >= 4 is 45.6 Å². The third-order valence-electron chi connectivity index (χ3n) is 11.5. The van der Waals surface area contributed by atoms with E-state index in [1.54, 1.807) is 24.0 Å². The fourth-order valence-corrected chi connectivity index (χ4v) is 8.12. The molecule has 1 atom stereocenters. The van der Waals surface area contributed by atoms with Gasteiger partial charge in [-0.1, -0.05) is 18.2 Å². The van der Waals surface area contributed by atoms with Gasteiger partial charge in [-0.15, -0.1) is 0 Å². The first-order valence-electron chi connectivity index (χ1n) is 19.7. The molecule has 0 spiro atoms. The Labute approximate surface area is 335 Å². The van der Waals surface area contributed by atoms with Crippen LogP contribution in [0, 0.1) is 23.4 Å². The number of imidazole rings is 1. The molecule has 2 fully saturated rings. The maximum absolute atomic E-state index is 14.1. The monoisotopic (exact) mass is 809 g/mol. The number of hydrogen-bond donors (Lipinski definition) is 4. The number of phenols is 1. The smallest absolute Gasteiger partial charge is 0.329 e. The lowest BCUT2D eigenvalue weighted by atomic mass is 9.86. The van der Waals surface area contributed by atoms with E-state index in [2.05, 4.69) is 25.9 Å². The summed E-state index contributed by atoms with van der Waals surface area (Å²) < 4.78 is 46.5. The van der Waals surface area contributed by atoms with Crippen LogP contribution in [0.15, 0.2) is 65.8 Å². The molecule has 4 N–H and O–H groups in total. The van der Waals surface area contributed by atoms with Crippen molar-refractivity contribution < 1.29 is 32.7 Å². The molecule has 4 heterocycles. The fraction of sp³-hybridized carbons (Fsp3) is 0.357. The normalized spacial score (nSPS) is 18.3. The number of unbranched alkanes of at least 4 members (excludes halogenated alkanes) is 1. The van der Waals surface area contributed by atoms with Crippen LogP contribution in [0.5, 0.6) is 5.75 Å². The van der Waals surface area contributed by atoms with Crippen LogP contribution in [0.25, 0.3) is 33.1 Å². The molecule has 0 radical (unpaired) electrons. The van der Waals surface area contributed by atoms with E-state index < -0.39 is 46.6 Å². The summed E-state index contributed by atoms with van der Waals surface area (Å²) in [6, 6.07) is 11.8. The Morgan fingerprint density at radius 2 is 1.69 bits per heavy atom. The second kappa shape index (κ2) is 16.4. The number of phenolic OH excluding ortho intramolecular Hbond substituents is 1. The topological polar surface area (TPSA) is 178 Å². The predicted octanol–water partition coefficient (Wildman–Crippen LogP) is 5.84. The molecular weight excluding hydrogens is 768 g/mol. The number of halogens is 3. The lowest BCUT2D eigenvalue weighted by molar-refractivity contribution is -0.135. The summed E-state index contributed by atoms with van der Waals surface area (Å²) in [6.45, 7) is 0.903. The van der Waals surface area contributed by atoms with Crippen LogP contribution in [0.3, 0.4) is 0 Å². The molecule has 0 bridgehead atoms. The van der Waals surface area contributed by atoms with Crippen molar-refractivity contribution in [1.29, 1.82) is 0 Å². The molecule has 14 nitrogen and oxygen atoms in total. The van der Waals surface area contributed by atoms with Crippen molar-refractivity contribution in [2.24, 2.45) is 13.0 Å². The number of carbonyl (C=O) groups is 3. The second-order valence-electron chi connectivity index (χ2n) is 15.3. The minimum atomic E-state index is -1.79. The van der Waals surface area contributed by atoms with Crippen LogP contribution in [-0.2, 0) is 23.1 Å². The molecular formula is C42H42F3N9O5. The van der Waals surface area contributed by atoms with E-state index in [0.717, 1.165) is 78.1 Å². The minimum Gasteiger partial charge on any atom is -0.503 e. The molecule has 8 rings (SSSR count). The molecule has 3 aromatic heterocycles. The quantitative estimate of drug-likeness (QED) is 0.0672. The van der Waals surface area contributed by atoms with Gasteiger partial charge >= 0.3 is 5.69 Å². The van der Waals surface area contributed by atoms with E-state index >= 15 is 0 Å². The highest BCUT2D eigenvalue weighted by atomic mass is 19.2. The van der Waals surface area contributed by atoms with Gasteiger partial charge in [-0.25, -0.2) is 23.5 Å². The number of imide groups is 1. The Balaban J connectivity index is 0.800. The van der Waals surface area contributed by atoms with Crippen molar-refractivity contribution in [1.82, 2.24) is 39.5 Å². The number of aromatic hydroxyl groups is 1. The number of carbonyl (C=O) groups excluding carboxylic acids is 3. The summed E-state index contributed by atoms with van der Waals surface area (Å²) in [4.78, 5) is 58.6. The van der Waals surface area contributed by atoms with Crippen LogP contribution in [0.1, 0.15) is 79.4 Å². The van der Waals surface area contributed by atoms with E-state index in [-0.39, 0.29) is 36.5 Å². The van der Waals surface area contributed by atoms with Crippen molar-refractivity contribution in [3.05, 3.63) is 100 Å². The zero-order valence-electron chi connectivity index (χ0n) is 32.2. The first-order valence-corrected chi connectivity index (χ1v) is 19.7. The summed E-state index contributed by atoms with van der Waals surface area (Å²) >= 11 is 0. The highest BCUT2D eigenvalue weighted by Gasteiger charge is 2.31. The molecule has 1 saturated heterocycles. The third kappa shape index (κ3) is 8.00. The maximum Gasteiger partial charge on any atom is 0.329 e. The fourth-order valence-electron chi connectivity index (χ4n) is 8.12. The highest BCUT2D eigenvalue weighted by Crippen LogP contribution is 2.34. The molecule has 1 unspecified atom stereocenters. The molecule has 1 saturated carbocycles. The van der Waals surface area contributed by atoms with E-state index in [0.29, 0.717) is 30.5 Å². The number of anilines is 1. The molecule has 1 aliphatic heterocycles. The first kappa shape index (κ1) is 39.3. The summed E-state index contributed by atoms with van der Waals surface area (Å²) in [6.07, 6.45) is 11.8. The highest BCUT2D eigenvalue weighted by molar-refractivity contribution is 6.00. The van der Waals surface area contributed by atoms with Crippen molar-refractivity contribution in [3.63, 3.8) is 0 Å². The molecule has 6 aromatic rings. The van der Waals surface area contributed by atoms with Gasteiger partial charge in [0.15, 0.2) is 17.4 Å². The van der Waals surface area contributed by atoms with Crippen LogP contribution < -0.4 is 21.6 Å². The Kier molecular flexibility index (Phi) is 10.9. The number of aryl methyl sites for hydroxylation is 2. The van der Waals surface area contributed by atoms with Crippen LogP contribution >= 0.6 is 0 Å². The average Bonchev–Trinajstić information content (AvgIpc) is 3.78. The number of amides is 3. The molecule has 3 aromatic carbocycles. The lowest BCUT2D eigenvalue weighted by Crippen LogP contribution is -2.44. The van der Waals surface area contributed by atoms with Crippen molar-refractivity contribution in [2.45, 2.75) is 69.9 Å². The number of hydrogen-bond acceptors (Lipinski definition) is 9. The van der Waals surface area contributed by atoms with E-state index in [9.17, 15) is 37.5 Å². The van der Waals surface area contributed by atoms with E-state index in [4.69, 9.17) is 5.10 Å². The summed E-state index contributed by atoms with van der Waals surface area (Å²) in [5.74, 6) is -7.32. The standard InChI is InChI=1S/C42H42F3N9O5/c1-52-34-16-23(7-12-32(34)54(42(52)59)33-13-14-35(55)50-40(33)58)4-2-3-15-46-41-48-20-27(21-49-41)25-8-9-26-22-53(51-31(26)17-25)28-10-5-24(6-11-28)19-47-39(57)29-18-30(43)38(56)37(45)36(29)44/h7-9,12,16-18,20-22,24,28,33,56H,2-6,10-11,13-15,19H2,1H3,(H,47,57)(H,46,48,49)(H,50,55,58)/t24-,28-,33?. The molecule has 59 heavy (non-hydrogen) atoms. The van der Waals surface area contributed by atoms with E-state index in [1.807, 2.05) is 47.3 Å². The van der Waals surface area contributed by atoms with Gasteiger partial charge < -0.3 is 15.7 Å². The summed E-state index contributed by atoms with van der Waals surface area (Å²) in [7, 11) is 1.69. The summed E-state index contributed by atoms with van der Waals surface area (Å²) in [5.41, 5.74) is 4.03. The predicted molar refractivity (Wildman–Crippen MR) is 212 cm³/mol. The molecule has 2 aliphatic rings. The molecule has 306 valence electrons. The van der Waals surface area contributed by atoms with Gasteiger partial charge in [0.25, 0.3) is 5.91 Å². The minimum absolute atomic E-state index is 0.106. The lowest BCUT2D eigenvalue weighted by Gasteiger charge is -2.28. The Morgan fingerprint density at radius 1 is 0.915 bits per heavy atom. The van der Waals surface area contributed by atoms with Crippen molar-refractivity contribution in [3.8, 4) is 16.9 Å². The van der Waals surface area contributed by atoms with Gasteiger partial charge in [0, 0.05) is 56.1 Å². The average molecular weight is 810 g/mol. The van der Waals surface area contributed by atoms with Gasteiger partial charge in [0.1, 0.15) is 6.04 Å². The third-order valence-corrected chi connectivity index (χ3v) is 11.5. The van der Waals surface area contributed by atoms with Gasteiger partial charge in [-0.2, -0.15) is 9.49 Å². The number of benzene rings is 3. The zero-order valence-corrected chi connectivity index (χ0v) is 32.2.